The van der Waals surface area contributed by atoms with Gasteiger partial charge in [0.1, 0.15) is 0 Å². The zero-order valence-electron chi connectivity index (χ0n) is 14.9. The molecule has 0 saturated heterocycles. The van der Waals surface area contributed by atoms with E-state index in [2.05, 4.69) is 56.3 Å². The van der Waals surface area contributed by atoms with Crippen molar-refractivity contribution in [1.29, 1.82) is 0 Å². The average molecular weight is 359 g/mol. The molecule has 0 spiro atoms. The van der Waals surface area contributed by atoms with Crippen molar-refractivity contribution in [2.24, 2.45) is 11.7 Å². The molecule has 3 rings (SSSR count). The van der Waals surface area contributed by atoms with Crippen molar-refractivity contribution in [3.8, 4) is 0 Å². The van der Waals surface area contributed by atoms with Crippen LogP contribution in [0.3, 0.4) is 0 Å². The zero-order valence-corrected chi connectivity index (χ0v) is 15.7. The minimum atomic E-state index is -0.420. The smallest absolute Gasteiger partial charge is 0.240 e. The van der Waals surface area contributed by atoms with Crippen molar-refractivity contribution in [3.05, 3.63) is 71.3 Å². The Balaban J connectivity index is 0.00000225. The molecule has 2 aromatic rings. The van der Waals surface area contributed by atoms with Crippen LogP contribution in [0.25, 0.3) is 0 Å². The monoisotopic (exact) mass is 358 g/mol. The Labute approximate surface area is 156 Å². The first kappa shape index (κ1) is 19.5. The third-order valence-electron chi connectivity index (χ3n) is 5.25. The first-order valence-corrected chi connectivity index (χ1v) is 8.79. The van der Waals surface area contributed by atoms with E-state index in [0.29, 0.717) is 13.1 Å². The van der Waals surface area contributed by atoms with Gasteiger partial charge in [0.25, 0.3) is 0 Å². The van der Waals surface area contributed by atoms with E-state index in [4.69, 9.17) is 5.73 Å². The van der Waals surface area contributed by atoms with Crippen LogP contribution in [-0.2, 0) is 11.3 Å². The molecule has 1 aliphatic rings. The Hall–Kier alpha value is -1.84. The van der Waals surface area contributed by atoms with Crippen molar-refractivity contribution in [3.63, 3.8) is 0 Å². The SMILES string of the molecule is CCC(C)C(N)C(=O)N1Cc2ccccc2C(c2ccccc2)C1.Cl. The summed E-state index contributed by atoms with van der Waals surface area (Å²) in [5.41, 5.74) is 10.0. The third-order valence-corrected chi connectivity index (χ3v) is 5.25. The number of amides is 1. The van der Waals surface area contributed by atoms with Gasteiger partial charge in [0.05, 0.1) is 6.04 Å². The maximum atomic E-state index is 12.9. The van der Waals surface area contributed by atoms with Gasteiger partial charge in [-0.1, -0.05) is 74.9 Å². The number of hydrogen-bond acceptors (Lipinski definition) is 2. The minimum absolute atomic E-state index is 0. The van der Waals surface area contributed by atoms with Crippen LogP contribution in [0.1, 0.15) is 42.9 Å². The summed E-state index contributed by atoms with van der Waals surface area (Å²) >= 11 is 0. The molecule has 3 atom stereocenters. The number of nitrogens with zero attached hydrogens (tertiary/aromatic N) is 1. The van der Waals surface area contributed by atoms with Gasteiger partial charge in [-0.05, 0) is 22.6 Å². The van der Waals surface area contributed by atoms with Crippen LogP contribution in [0.15, 0.2) is 54.6 Å². The predicted molar refractivity (Wildman–Crippen MR) is 105 cm³/mol. The highest BCUT2D eigenvalue weighted by atomic mass is 35.5. The van der Waals surface area contributed by atoms with E-state index in [1.807, 2.05) is 17.0 Å². The molecule has 3 nitrogen and oxygen atoms in total. The van der Waals surface area contributed by atoms with Gasteiger partial charge in [0.2, 0.25) is 5.91 Å². The van der Waals surface area contributed by atoms with E-state index in [1.54, 1.807) is 0 Å². The Kier molecular flexibility index (Phi) is 6.63. The van der Waals surface area contributed by atoms with Gasteiger partial charge >= 0.3 is 0 Å². The van der Waals surface area contributed by atoms with Crippen LogP contribution >= 0.6 is 12.4 Å². The summed E-state index contributed by atoms with van der Waals surface area (Å²) in [7, 11) is 0. The van der Waals surface area contributed by atoms with Crippen LogP contribution in [0.5, 0.6) is 0 Å². The second-order valence-electron chi connectivity index (χ2n) is 6.79. The van der Waals surface area contributed by atoms with E-state index < -0.39 is 6.04 Å². The topological polar surface area (TPSA) is 46.3 Å². The molecule has 0 fully saturated rings. The molecule has 2 N–H and O–H groups in total. The minimum Gasteiger partial charge on any atom is -0.336 e. The maximum absolute atomic E-state index is 12.9. The molecular formula is C21H27ClN2O. The summed E-state index contributed by atoms with van der Waals surface area (Å²) in [6.45, 7) is 5.48. The number of benzene rings is 2. The summed E-state index contributed by atoms with van der Waals surface area (Å²) < 4.78 is 0. The first-order chi connectivity index (χ1) is 11.6. The number of rotatable bonds is 4. The molecule has 1 aliphatic heterocycles. The lowest BCUT2D eigenvalue weighted by molar-refractivity contribution is -0.134. The van der Waals surface area contributed by atoms with Crippen molar-refractivity contribution in [2.75, 3.05) is 6.54 Å². The van der Waals surface area contributed by atoms with Crippen LogP contribution in [-0.4, -0.2) is 23.4 Å². The van der Waals surface area contributed by atoms with Crippen molar-refractivity contribution >= 4 is 18.3 Å². The van der Waals surface area contributed by atoms with Crippen molar-refractivity contribution in [2.45, 2.75) is 38.8 Å². The lowest BCUT2D eigenvalue weighted by Crippen LogP contribution is -2.49. The first-order valence-electron chi connectivity index (χ1n) is 8.79. The Morgan fingerprint density at radius 2 is 1.80 bits per heavy atom. The third kappa shape index (κ3) is 4.05. The van der Waals surface area contributed by atoms with Crippen molar-refractivity contribution < 1.29 is 4.79 Å². The summed E-state index contributed by atoms with van der Waals surface area (Å²) in [5.74, 6) is 0.480. The summed E-state index contributed by atoms with van der Waals surface area (Å²) in [4.78, 5) is 14.8. The lowest BCUT2D eigenvalue weighted by Gasteiger charge is -2.37. The second kappa shape index (κ2) is 8.50. The van der Waals surface area contributed by atoms with Gasteiger partial charge in [0.15, 0.2) is 0 Å². The molecule has 0 saturated carbocycles. The normalized spacial score (nSPS) is 18.7. The molecule has 25 heavy (non-hydrogen) atoms. The molecule has 0 aromatic heterocycles. The zero-order chi connectivity index (χ0) is 17.1. The molecule has 0 radical (unpaired) electrons. The van der Waals surface area contributed by atoms with E-state index in [9.17, 15) is 4.79 Å². The van der Waals surface area contributed by atoms with Crippen LogP contribution in [0.2, 0.25) is 0 Å². The predicted octanol–water partition coefficient (Wildman–Crippen LogP) is 3.96. The van der Waals surface area contributed by atoms with Crippen LogP contribution in [0.4, 0.5) is 0 Å². The average Bonchev–Trinajstić information content (AvgIpc) is 2.65. The van der Waals surface area contributed by atoms with Gasteiger partial charge in [-0.3, -0.25) is 4.79 Å². The van der Waals surface area contributed by atoms with Gasteiger partial charge < -0.3 is 10.6 Å². The van der Waals surface area contributed by atoms with E-state index in [-0.39, 0.29) is 30.2 Å². The number of carbonyl (C=O) groups excluding carboxylic acids is 1. The molecule has 1 amide bonds. The van der Waals surface area contributed by atoms with Gasteiger partial charge in [0, 0.05) is 19.0 Å². The molecule has 1 heterocycles. The summed E-state index contributed by atoms with van der Waals surface area (Å²) in [6.07, 6.45) is 0.916. The fourth-order valence-electron chi connectivity index (χ4n) is 3.45. The van der Waals surface area contributed by atoms with Gasteiger partial charge in [-0.25, -0.2) is 0 Å². The molecular weight excluding hydrogens is 332 g/mol. The highest BCUT2D eigenvalue weighted by molar-refractivity contribution is 5.85. The van der Waals surface area contributed by atoms with E-state index >= 15 is 0 Å². The van der Waals surface area contributed by atoms with E-state index in [1.165, 1.54) is 16.7 Å². The summed E-state index contributed by atoms with van der Waals surface area (Å²) in [6, 6.07) is 18.4. The van der Waals surface area contributed by atoms with Gasteiger partial charge in [-0.15, -0.1) is 12.4 Å². The lowest BCUT2D eigenvalue weighted by atomic mass is 9.84. The fourth-order valence-corrected chi connectivity index (χ4v) is 3.45. The highest BCUT2D eigenvalue weighted by Gasteiger charge is 2.32. The van der Waals surface area contributed by atoms with E-state index in [0.717, 1.165) is 6.42 Å². The summed E-state index contributed by atoms with van der Waals surface area (Å²) in [5, 5.41) is 0. The molecule has 0 bridgehead atoms. The number of fused-ring (bicyclic) bond motifs is 1. The molecule has 3 unspecified atom stereocenters. The molecule has 2 aromatic carbocycles. The van der Waals surface area contributed by atoms with Crippen LogP contribution < -0.4 is 5.73 Å². The quantitative estimate of drug-likeness (QED) is 0.899. The van der Waals surface area contributed by atoms with Crippen LogP contribution in [0, 0.1) is 5.92 Å². The number of carbonyl (C=O) groups is 1. The Morgan fingerprint density at radius 1 is 1.16 bits per heavy atom. The molecule has 134 valence electrons. The highest BCUT2D eigenvalue weighted by Crippen LogP contribution is 2.33. The standard InChI is InChI=1S/C21H26N2O.ClH/c1-3-15(2)20(22)21(24)23-13-17-11-7-8-12-18(17)19(14-23)16-9-5-4-6-10-16;/h4-12,15,19-20H,3,13-14,22H2,1-2H3;1H. The second-order valence-corrected chi connectivity index (χ2v) is 6.79. The Morgan fingerprint density at radius 3 is 2.48 bits per heavy atom. The maximum Gasteiger partial charge on any atom is 0.240 e. The van der Waals surface area contributed by atoms with Gasteiger partial charge in [-0.2, -0.15) is 0 Å². The largest absolute Gasteiger partial charge is 0.336 e. The number of halogens is 1. The Bertz CT molecular complexity index is 704. The number of hydrogen-bond donors (Lipinski definition) is 1. The molecule has 0 aliphatic carbocycles. The molecule has 4 heteroatoms. The number of nitrogens with two attached hydrogens (primary N) is 1. The fraction of sp³-hybridized carbons (Fsp3) is 0.381. The van der Waals surface area contributed by atoms with Crippen molar-refractivity contribution in [1.82, 2.24) is 4.90 Å².